The second kappa shape index (κ2) is 5.15. The SMILES string of the molecule is NC1CCC(C(=O)Cc2ccc(Cl)cc2F)C1. The lowest BCUT2D eigenvalue weighted by Gasteiger charge is -2.09. The van der Waals surface area contributed by atoms with Crippen LogP contribution < -0.4 is 5.73 Å². The van der Waals surface area contributed by atoms with E-state index in [4.69, 9.17) is 17.3 Å². The van der Waals surface area contributed by atoms with Gasteiger partial charge in [-0.1, -0.05) is 17.7 Å². The summed E-state index contributed by atoms with van der Waals surface area (Å²) in [6, 6.07) is 4.54. The van der Waals surface area contributed by atoms with Crippen LogP contribution in [0.5, 0.6) is 0 Å². The molecule has 0 heterocycles. The normalized spacial score (nSPS) is 23.9. The Morgan fingerprint density at radius 1 is 1.47 bits per heavy atom. The Bertz CT molecular complexity index is 435. The highest BCUT2D eigenvalue weighted by molar-refractivity contribution is 6.30. The van der Waals surface area contributed by atoms with Gasteiger partial charge in [0.2, 0.25) is 0 Å². The number of Topliss-reactive ketones (excluding diaryl/α,β-unsaturated/α-hetero) is 1. The van der Waals surface area contributed by atoms with Gasteiger partial charge < -0.3 is 5.73 Å². The topological polar surface area (TPSA) is 43.1 Å². The molecule has 2 nitrogen and oxygen atoms in total. The van der Waals surface area contributed by atoms with Gasteiger partial charge in [0, 0.05) is 23.4 Å². The van der Waals surface area contributed by atoms with Gasteiger partial charge in [-0.2, -0.15) is 0 Å². The predicted octanol–water partition coefficient (Wildman–Crippen LogP) is 2.72. The van der Waals surface area contributed by atoms with E-state index in [1.54, 1.807) is 12.1 Å². The average Bonchev–Trinajstić information content (AvgIpc) is 2.69. The molecule has 0 aromatic heterocycles. The van der Waals surface area contributed by atoms with Crippen LogP contribution in [0.2, 0.25) is 5.02 Å². The first kappa shape index (κ1) is 12.5. The Kier molecular flexibility index (Phi) is 3.79. The van der Waals surface area contributed by atoms with Crippen LogP contribution in [0.25, 0.3) is 0 Å². The minimum Gasteiger partial charge on any atom is -0.328 e. The summed E-state index contributed by atoms with van der Waals surface area (Å²) in [6.45, 7) is 0. The van der Waals surface area contributed by atoms with Crippen LogP contribution in [-0.2, 0) is 11.2 Å². The van der Waals surface area contributed by atoms with E-state index < -0.39 is 5.82 Å². The van der Waals surface area contributed by atoms with Crippen molar-refractivity contribution >= 4 is 17.4 Å². The molecule has 2 atom stereocenters. The van der Waals surface area contributed by atoms with Crippen molar-refractivity contribution in [3.05, 3.63) is 34.6 Å². The largest absolute Gasteiger partial charge is 0.328 e. The zero-order valence-electron chi connectivity index (χ0n) is 9.46. The molecule has 17 heavy (non-hydrogen) atoms. The molecular weight excluding hydrogens is 241 g/mol. The predicted molar refractivity (Wildman–Crippen MR) is 65.4 cm³/mol. The van der Waals surface area contributed by atoms with Crippen LogP contribution in [0.1, 0.15) is 24.8 Å². The number of carbonyl (C=O) groups is 1. The molecule has 0 spiro atoms. The number of nitrogens with two attached hydrogens (primary N) is 1. The van der Waals surface area contributed by atoms with Crippen molar-refractivity contribution in [3.8, 4) is 0 Å². The van der Waals surface area contributed by atoms with E-state index in [0.717, 1.165) is 19.3 Å². The molecule has 92 valence electrons. The van der Waals surface area contributed by atoms with E-state index in [1.165, 1.54) is 6.07 Å². The van der Waals surface area contributed by atoms with E-state index in [9.17, 15) is 9.18 Å². The van der Waals surface area contributed by atoms with Gasteiger partial charge in [-0.3, -0.25) is 4.79 Å². The number of benzene rings is 1. The molecule has 0 bridgehead atoms. The smallest absolute Gasteiger partial charge is 0.140 e. The maximum Gasteiger partial charge on any atom is 0.140 e. The Balaban J connectivity index is 2.03. The summed E-state index contributed by atoms with van der Waals surface area (Å²) in [6.07, 6.45) is 2.59. The molecule has 0 radical (unpaired) electrons. The molecule has 0 amide bonds. The van der Waals surface area contributed by atoms with E-state index in [-0.39, 0.29) is 24.2 Å². The minimum absolute atomic E-state index is 0.0000723. The molecule has 1 saturated carbocycles. The highest BCUT2D eigenvalue weighted by Gasteiger charge is 2.27. The first-order chi connectivity index (χ1) is 8.06. The van der Waals surface area contributed by atoms with Crippen LogP contribution in [-0.4, -0.2) is 11.8 Å². The zero-order valence-corrected chi connectivity index (χ0v) is 10.2. The van der Waals surface area contributed by atoms with Crippen molar-refractivity contribution in [1.82, 2.24) is 0 Å². The standard InChI is InChI=1S/C13H15ClFNO/c14-10-3-1-8(12(15)7-10)6-13(17)9-2-4-11(16)5-9/h1,3,7,9,11H,2,4-6,16H2. The van der Waals surface area contributed by atoms with E-state index in [1.807, 2.05) is 0 Å². The third-order valence-corrected chi connectivity index (χ3v) is 3.54. The molecule has 2 N–H and O–H groups in total. The summed E-state index contributed by atoms with van der Waals surface area (Å²) in [5, 5.41) is 0.349. The summed E-state index contributed by atoms with van der Waals surface area (Å²) in [7, 11) is 0. The molecule has 1 aliphatic rings. The number of ketones is 1. The molecule has 2 rings (SSSR count). The number of hydrogen-bond donors (Lipinski definition) is 1. The average molecular weight is 256 g/mol. The Morgan fingerprint density at radius 2 is 2.24 bits per heavy atom. The van der Waals surface area contributed by atoms with Crippen molar-refractivity contribution in [2.45, 2.75) is 31.7 Å². The fourth-order valence-corrected chi connectivity index (χ4v) is 2.46. The van der Waals surface area contributed by atoms with Gasteiger partial charge in [0.05, 0.1) is 0 Å². The molecule has 1 aliphatic carbocycles. The number of halogens is 2. The third kappa shape index (κ3) is 3.05. The van der Waals surface area contributed by atoms with Crippen molar-refractivity contribution in [3.63, 3.8) is 0 Å². The van der Waals surface area contributed by atoms with Gasteiger partial charge in [0.25, 0.3) is 0 Å². The van der Waals surface area contributed by atoms with Gasteiger partial charge in [-0.15, -0.1) is 0 Å². The summed E-state index contributed by atoms with van der Waals surface area (Å²) in [5.41, 5.74) is 6.18. The monoisotopic (exact) mass is 255 g/mol. The van der Waals surface area contributed by atoms with E-state index in [0.29, 0.717) is 10.6 Å². The molecule has 1 aromatic carbocycles. The van der Waals surface area contributed by atoms with Gasteiger partial charge in [-0.25, -0.2) is 4.39 Å². The van der Waals surface area contributed by atoms with Crippen molar-refractivity contribution in [2.24, 2.45) is 11.7 Å². The maximum atomic E-state index is 13.5. The third-order valence-electron chi connectivity index (χ3n) is 3.31. The van der Waals surface area contributed by atoms with Crippen LogP contribution in [0, 0.1) is 11.7 Å². The summed E-state index contributed by atoms with van der Waals surface area (Å²) in [5.74, 6) is -0.326. The zero-order chi connectivity index (χ0) is 12.4. The molecule has 0 aliphatic heterocycles. The van der Waals surface area contributed by atoms with Crippen LogP contribution in [0.4, 0.5) is 4.39 Å². The van der Waals surface area contributed by atoms with Gasteiger partial charge in [0.1, 0.15) is 11.6 Å². The number of hydrogen-bond acceptors (Lipinski definition) is 2. The van der Waals surface area contributed by atoms with Crippen LogP contribution >= 0.6 is 11.6 Å². The first-order valence-electron chi connectivity index (χ1n) is 5.78. The highest BCUT2D eigenvalue weighted by atomic mass is 35.5. The van der Waals surface area contributed by atoms with Crippen molar-refractivity contribution in [2.75, 3.05) is 0 Å². The fourth-order valence-electron chi connectivity index (χ4n) is 2.31. The van der Waals surface area contributed by atoms with Crippen molar-refractivity contribution < 1.29 is 9.18 Å². The number of rotatable bonds is 3. The van der Waals surface area contributed by atoms with Crippen molar-refractivity contribution in [1.29, 1.82) is 0 Å². The molecule has 0 saturated heterocycles. The Labute approximate surface area is 105 Å². The lowest BCUT2D eigenvalue weighted by molar-refractivity contribution is -0.122. The fraction of sp³-hybridized carbons (Fsp3) is 0.462. The van der Waals surface area contributed by atoms with E-state index in [2.05, 4.69) is 0 Å². The quantitative estimate of drug-likeness (QED) is 0.903. The second-order valence-electron chi connectivity index (χ2n) is 4.65. The second-order valence-corrected chi connectivity index (χ2v) is 5.09. The minimum atomic E-state index is -0.409. The molecular formula is C13H15ClFNO. The van der Waals surface area contributed by atoms with Crippen LogP contribution in [0.15, 0.2) is 18.2 Å². The summed E-state index contributed by atoms with van der Waals surface area (Å²) < 4.78 is 13.5. The lowest BCUT2D eigenvalue weighted by Crippen LogP contribution is -2.19. The molecule has 1 fully saturated rings. The summed E-state index contributed by atoms with van der Waals surface area (Å²) >= 11 is 5.66. The molecule has 2 unspecified atom stereocenters. The molecule has 1 aromatic rings. The molecule has 4 heteroatoms. The first-order valence-corrected chi connectivity index (χ1v) is 6.16. The van der Waals surface area contributed by atoms with Gasteiger partial charge >= 0.3 is 0 Å². The highest BCUT2D eigenvalue weighted by Crippen LogP contribution is 2.26. The van der Waals surface area contributed by atoms with E-state index >= 15 is 0 Å². The maximum absolute atomic E-state index is 13.5. The Morgan fingerprint density at radius 3 is 2.82 bits per heavy atom. The van der Waals surface area contributed by atoms with Gasteiger partial charge in [-0.05, 0) is 37.0 Å². The Hall–Kier alpha value is -0.930. The number of carbonyl (C=O) groups excluding carboxylic acids is 1. The van der Waals surface area contributed by atoms with Gasteiger partial charge in [0.15, 0.2) is 0 Å². The van der Waals surface area contributed by atoms with Crippen LogP contribution in [0.3, 0.4) is 0 Å². The summed E-state index contributed by atoms with van der Waals surface area (Å²) in [4.78, 5) is 11.9. The lowest BCUT2D eigenvalue weighted by atomic mass is 9.96.